The van der Waals surface area contributed by atoms with Crippen molar-refractivity contribution in [1.82, 2.24) is 0 Å². The smallest absolute Gasteiger partial charge is 0.234 e. The molecule has 36 heavy (non-hydrogen) atoms. The highest BCUT2D eigenvalue weighted by molar-refractivity contribution is 7.90. The van der Waals surface area contributed by atoms with Gasteiger partial charge >= 0.3 is 0 Å². The number of carbonyl (C=O) groups is 1. The molecule has 0 aliphatic heterocycles. The standard InChI is InChI=1S/C27H29Cl2NO5S/c1-16(2)21-15-19(9-14-24(21)34-5)35-26-22(28)12-13-23(25(26)29)30(4)27(31)17(3)18-7-10-20(11-8-18)36(6,32)33/h7-17H,1-6H3. The van der Waals surface area contributed by atoms with Crippen LogP contribution in [0.5, 0.6) is 17.2 Å². The lowest BCUT2D eigenvalue weighted by atomic mass is 9.99. The quantitative estimate of drug-likeness (QED) is 0.300. The number of nitrogens with zero attached hydrogens (tertiary/aromatic N) is 1. The van der Waals surface area contributed by atoms with E-state index in [0.29, 0.717) is 22.0 Å². The Labute approximate surface area is 222 Å². The van der Waals surface area contributed by atoms with E-state index in [9.17, 15) is 13.2 Å². The molecule has 3 rings (SSSR count). The zero-order chi connectivity index (χ0) is 26.8. The van der Waals surface area contributed by atoms with Crippen LogP contribution in [0, 0.1) is 0 Å². The number of likely N-dealkylation sites (N-methyl/N-ethyl adjacent to an activating group) is 1. The normalized spacial score (nSPS) is 12.4. The number of rotatable bonds is 8. The minimum Gasteiger partial charge on any atom is -0.496 e. The number of benzene rings is 3. The van der Waals surface area contributed by atoms with E-state index in [1.165, 1.54) is 17.0 Å². The summed E-state index contributed by atoms with van der Waals surface area (Å²) in [6.45, 7) is 5.86. The lowest BCUT2D eigenvalue weighted by molar-refractivity contribution is -0.119. The SMILES string of the molecule is COc1ccc(Oc2c(Cl)ccc(N(C)C(=O)C(C)c3ccc(S(C)(=O)=O)cc3)c2Cl)cc1C(C)C. The molecule has 3 aromatic carbocycles. The fraction of sp³-hybridized carbons (Fsp3) is 0.296. The summed E-state index contributed by atoms with van der Waals surface area (Å²) in [6.07, 6.45) is 1.14. The van der Waals surface area contributed by atoms with E-state index in [0.717, 1.165) is 17.6 Å². The molecule has 0 heterocycles. The molecule has 3 aromatic rings. The highest BCUT2D eigenvalue weighted by atomic mass is 35.5. The van der Waals surface area contributed by atoms with Gasteiger partial charge in [-0.15, -0.1) is 0 Å². The highest BCUT2D eigenvalue weighted by Gasteiger charge is 2.25. The maximum absolute atomic E-state index is 13.3. The first-order valence-electron chi connectivity index (χ1n) is 11.3. The second-order valence-corrected chi connectivity index (χ2v) is 11.6. The molecule has 0 saturated heterocycles. The first kappa shape index (κ1) is 27.8. The molecular weight excluding hydrogens is 521 g/mol. The molecule has 0 aliphatic carbocycles. The van der Waals surface area contributed by atoms with Crippen molar-refractivity contribution >= 4 is 44.6 Å². The summed E-state index contributed by atoms with van der Waals surface area (Å²) in [6, 6.07) is 15.0. The maximum Gasteiger partial charge on any atom is 0.234 e. The summed E-state index contributed by atoms with van der Waals surface area (Å²) >= 11 is 13.1. The van der Waals surface area contributed by atoms with Gasteiger partial charge in [-0.05, 0) is 60.9 Å². The van der Waals surface area contributed by atoms with Gasteiger partial charge in [0.15, 0.2) is 15.6 Å². The number of hydrogen-bond acceptors (Lipinski definition) is 5. The molecule has 6 nitrogen and oxygen atoms in total. The van der Waals surface area contributed by atoms with Crippen LogP contribution in [0.25, 0.3) is 0 Å². The molecule has 1 atom stereocenters. The molecular formula is C27H29Cl2NO5S. The van der Waals surface area contributed by atoms with E-state index in [4.69, 9.17) is 32.7 Å². The summed E-state index contributed by atoms with van der Waals surface area (Å²) in [5, 5.41) is 0.496. The Morgan fingerprint density at radius 3 is 2.17 bits per heavy atom. The lowest BCUT2D eigenvalue weighted by Gasteiger charge is -2.24. The average Bonchev–Trinajstić information content (AvgIpc) is 2.84. The number of amides is 1. The van der Waals surface area contributed by atoms with Crippen LogP contribution in [-0.2, 0) is 14.6 Å². The largest absolute Gasteiger partial charge is 0.496 e. The van der Waals surface area contributed by atoms with Crippen molar-refractivity contribution in [1.29, 1.82) is 0 Å². The number of ether oxygens (including phenoxy) is 2. The molecule has 0 aromatic heterocycles. The van der Waals surface area contributed by atoms with Crippen LogP contribution >= 0.6 is 23.2 Å². The van der Waals surface area contributed by atoms with Crippen molar-refractivity contribution in [2.24, 2.45) is 0 Å². The predicted octanol–water partition coefficient (Wildman–Crippen LogP) is 7.09. The van der Waals surface area contributed by atoms with Gasteiger partial charge in [0.05, 0.1) is 28.6 Å². The first-order chi connectivity index (χ1) is 16.8. The Morgan fingerprint density at radius 1 is 0.972 bits per heavy atom. The van der Waals surface area contributed by atoms with Crippen LogP contribution in [0.2, 0.25) is 10.0 Å². The highest BCUT2D eigenvalue weighted by Crippen LogP contribution is 2.43. The molecule has 192 valence electrons. The Kier molecular flexibility index (Phi) is 8.59. The van der Waals surface area contributed by atoms with E-state index >= 15 is 0 Å². The second-order valence-electron chi connectivity index (χ2n) is 8.83. The van der Waals surface area contributed by atoms with Crippen LogP contribution in [0.15, 0.2) is 59.5 Å². The van der Waals surface area contributed by atoms with Crippen LogP contribution < -0.4 is 14.4 Å². The number of halogens is 2. The molecule has 0 fully saturated rings. The van der Waals surface area contributed by atoms with Gasteiger partial charge in [-0.1, -0.05) is 49.2 Å². The van der Waals surface area contributed by atoms with Crippen molar-refractivity contribution in [3.05, 3.63) is 75.8 Å². The van der Waals surface area contributed by atoms with E-state index in [2.05, 4.69) is 13.8 Å². The van der Waals surface area contributed by atoms with Gasteiger partial charge in [0.1, 0.15) is 16.5 Å². The molecule has 0 bridgehead atoms. The van der Waals surface area contributed by atoms with E-state index in [1.54, 1.807) is 51.4 Å². The zero-order valence-electron chi connectivity index (χ0n) is 21.0. The summed E-state index contributed by atoms with van der Waals surface area (Å²) in [5.74, 6) is 0.956. The summed E-state index contributed by atoms with van der Waals surface area (Å²) in [5.41, 5.74) is 2.08. The van der Waals surface area contributed by atoms with Gasteiger partial charge in [0.25, 0.3) is 0 Å². The fourth-order valence-corrected chi connectivity index (χ4v) is 4.98. The van der Waals surface area contributed by atoms with Crippen molar-refractivity contribution in [3.8, 4) is 17.2 Å². The minimum atomic E-state index is -3.32. The number of anilines is 1. The molecule has 0 spiro atoms. The predicted molar refractivity (Wildman–Crippen MR) is 145 cm³/mol. The van der Waals surface area contributed by atoms with Crippen molar-refractivity contribution in [2.45, 2.75) is 37.5 Å². The van der Waals surface area contributed by atoms with E-state index in [-0.39, 0.29) is 27.5 Å². The van der Waals surface area contributed by atoms with Crippen LogP contribution in [0.3, 0.4) is 0 Å². The number of carbonyl (C=O) groups excluding carboxylic acids is 1. The van der Waals surface area contributed by atoms with Crippen molar-refractivity contribution in [2.75, 3.05) is 25.3 Å². The molecule has 9 heteroatoms. The third-order valence-electron chi connectivity index (χ3n) is 5.94. The Balaban J connectivity index is 1.90. The van der Waals surface area contributed by atoms with Gasteiger partial charge in [0, 0.05) is 18.9 Å². The van der Waals surface area contributed by atoms with Gasteiger partial charge < -0.3 is 14.4 Å². The first-order valence-corrected chi connectivity index (χ1v) is 13.9. The van der Waals surface area contributed by atoms with E-state index < -0.39 is 15.8 Å². The molecule has 1 amide bonds. The lowest BCUT2D eigenvalue weighted by Crippen LogP contribution is -2.30. The Morgan fingerprint density at radius 2 is 1.61 bits per heavy atom. The second kappa shape index (κ2) is 11.1. The van der Waals surface area contributed by atoms with Crippen LogP contribution in [0.1, 0.15) is 43.7 Å². The van der Waals surface area contributed by atoms with Gasteiger partial charge in [-0.25, -0.2) is 8.42 Å². The number of sulfone groups is 1. The topological polar surface area (TPSA) is 72.9 Å². The fourth-order valence-electron chi connectivity index (χ4n) is 3.78. The molecule has 0 N–H and O–H groups in total. The third-order valence-corrected chi connectivity index (χ3v) is 7.73. The van der Waals surface area contributed by atoms with Gasteiger partial charge in [-0.2, -0.15) is 0 Å². The Hall–Kier alpha value is -2.74. The Bertz CT molecular complexity index is 1370. The van der Waals surface area contributed by atoms with Gasteiger partial charge in [-0.3, -0.25) is 4.79 Å². The van der Waals surface area contributed by atoms with Crippen LogP contribution in [0.4, 0.5) is 5.69 Å². The molecule has 0 saturated carbocycles. The summed E-state index contributed by atoms with van der Waals surface area (Å²) < 4.78 is 35.0. The summed E-state index contributed by atoms with van der Waals surface area (Å²) in [7, 11) is -0.0872. The van der Waals surface area contributed by atoms with Crippen LogP contribution in [-0.4, -0.2) is 34.7 Å². The molecule has 0 radical (unpaired) electrons. The van der Waals surface area contributed by atoms with Crippen molar-refractivity contribution < 1.29 is 22.7 Å². The third kappa shape index (κ3) is 5.97. The number of methoxy groups -OCH3 is 1. The monoisotopic (exact) mass is 549 g/mol. The molecule has 0 aliphatic rings. The summed E-state index contributed by atoms with van der Waals surface area (Å²) in [4.78, 5) is 14.9. The van der Waals surface area contributed by atoms with Gasteiger partial charge in [0.2, 0.25) is 5.91 Å². The average molecular weight is 551 g/mol. The van der Waals surface area contributed by atoms with Crippen molar-refractivity contribution in [3.63, 3.8) is 0 Å². The van der Waals surface area contributed by atoms with E-state index in [1.807, 2.05) is 12.1 Å². The minimum absolute atomic E-state index is 0.194. The molecule has 1 unspecified atom stereocenters. The number of hydrogen-bond donors (Lipinski definition) is 0. The maximum atomic E-state index is 13.3. The zero-order valence-corrected chi connectivity index (χ0v) is 23.3.